The molecule has 4 aromatic rings. The number of thioether (sulfide) groups is 1. The van der Waals surface area contributed by atoms with E-state index in [1.807, 2.05) is 66.3 Å². The minimum atomic E-state index is -0.367. The van der Waals surface area contributed by atoms with Gasteiger partial charge in [-0.2, -0.15) is 0 Å². The molecule has 1 atom stereocenters. The summed E-state index contributed by atoms with van der Waals surface area (Å²) in [5.41, 5.74) is 1.87. The first-order valence-corrected chi connectivity index (χ1v) is 10.8. The average Bonchev–Trinajstić information content (AvgIpc) is 3.36. The van der Waals surface area contributed by atoms with Gasteiger partial charge in [-0.15, -0.1) is 11.3 Å². The summed E-state index contributed by atoms with van der Waals surface area (Å²) in [4.78, 5) is 21.8. The Morgan fingerprint density at radius 3 is 2.90 bits per heavy atom. The van der Waals surface area contributed by atoms with Crippen molar-refractivity contribution in [2.45, 2.75) is 10.4 Å². The molecule has 148 valence electrons. The molecule has 6 nitrogen and oxygen atoms in total. The number of hydrogen-bond donors (Lipinski definition) is 1. The van der Waals surface area contributed by atoms with E-state index in [4.69, 9.17) is 4.74 Å². The number of para-hydroxylation sites is 1. The van der Waals surface area contributed by atoms with Crippen LogP contribution in [-0.4, -0.2) is 33.3 Å². The van der Waals surface area contributed by atoms with Gasteiger partial charge in [-0.05, 0) is 29.8 Å². The number of imidazole rings is 1. The van der Waals surface area contributed by atoms with Crippen LogP contribution in [0.25, 0.3) is 10.2 Å². The highest BCUT2D eigenvalue weighted by Crippen LogP contribution is 2.30. The molecule has 0 bridgehead atoms. The van der Waals surface area contributed by atoms with Crippen molar-refractivity contribution >= 4 is 39.2 Å². The Labute approximate surface area is 176 Å². The smallest absolute Gasteiger partial charge is 0.231 e. The zero-order valence-electron chi connectivity index (χ0n) is 16.0. The van der Waals surface area contributed by atoms with E-state index in [1.165, 1.54) is 11.8 Å². The van der Waals surface area contributed by atoms with Crippen molar-refractivity contribution in [3.63, 3.8) is 0 Å². The van der Waals surface area contributed by atoms with Crippen LogP contribution in [0.3, 0.4) is 0 Å². The van der Waals surface area contributed by atoms with Gasteiger partial charge in [0.15, 0.2) is 4.34 Å². The van der Waals surface area contributed by atoms with Crippen LogP contribution in [0.1, 0.15) is 17.4 Å². The Kier molecular flexibility index (Phi) is 5.82. The molecule has 0 fully saturated rings. The zero-order chi connectivity index (χ0) is 20.2. The molecular weight excluding hydrogens is 404 g/mol. The third kappa shape index (κ3) is 4.44. The van der Waals surface area contributed by atoms with E-state index in [2.05, 4.69) is 15.3 Å². The van der Waals surface area contributed by atoms with E-state index in [-0.39, 0.29) is 17.7 Å². The number of thiazole rings is 1. The Morgan fingerprint density at radius 2 is 2.14 bits per heavy atom. The number of nitrogens with one attached hydrogen (secondary N) is 1. The van der Waals surface area contributed by atoms with Crippen molar-refractivity contribution in [3.8, 4) is 5.75 Å². The van der Waals surface area contributed by atoms with Crippen LogP contribution in [0.15, 0.2) is 65.3 Å². The van der Waals surface area contributed by atoms with Gasteiger partial charge in [-0.1, -0.05) is 36.0 Å². The van der Waals surface area contributed by atoms with Gasteiger partial charge >= 0.3 is 0 Å². The van der Waals surface area contributed by atoms with E-state index in [9.17, 15) is 4.79 Å². The molecule has 2 aromatic carbocycles. The molecule has 0 aliphatic carbocycles. The normalized spacial score (nSPS) is 12.1. The maximum Gasteiger partial charge on any atom is 0.231 e. The molecule has 0 radical (unpaired) electrons. The van der Waals surface area contributed by atoms with Crippen LogP contribution in [0, 0.1) is 0 Å². The predicted octanol–water partition coefficient (Wildman–Crippen LogP) is 4.04. The minimum Gasteiger partial charge on any atom is -0.497 e. The van der Waals surface area contributed by atoms with Gasteiger partial charge in [0.05, 0.1) is 23.1 Å². The quantitative estimate of drug-likeness (QED) is 0.454. The molecule has 0 spiro atoms. The number of hydrogen-bond acceptors (Lipinski definition) is 6. The zero-order valence-corrected chi connectivity index (χ0v) is 17.7. The number of methoxy groups -OCH3 is 1. The lowest BCUT2D eigenvalue weighted by Gasteiger charge is -2.19. The highest BCUT2D eigenvalue weighted by atomic mass is 32.2. The Bertz CT molecular complexity index is 1110. The van der Waals surface area contributed by atoms with E-state index < -0.39 is 0 Å². The standard InChI is InChI=1S/C21H20N4O2S2/c1-25-11-10-22-20(25)19(14-6-5-7-15(12-14)27-2)24-18(26)13-28-21-23-16-8-3-4-9-17(16)29-21/h3-12,19H,13H2,1-2H3,(H,24,26). The lowest BCUT2D eigenvalue weighted by atomic mass is 10.1. The lowest BCUT2D eigenvalue weighted by molar-refractivity contribution is -0.119. The summed E-state index contributed by atoms with van der Waals surface area (Å²) in [6.07, 6.45) is 3.59. The Balaban J connectivity index is 1.50. The summed E-state index contributed by atoms with van der Waals surface area (Å²) < 4.78 is 9.26. The van der Waals surface area contributed by atoms with Gasteiger partial charge in [0, 0.05) is 19.4 Å². The van der Waals surface area contributed by atoms with Crippen LogP contribution in [-0.2, 0) is 11.8 Å². The summed E-state index contributed by atoms with van der Waals surface area (Å²) >= 11 is 3.04. The first kappa shape index (κ1) is 19.5. The predicted molar refractivity (Wildman–Crippen MR) is 117 cm³/mol. The average molecular weight is 425 g/mol. The second kappa shape index (κ2) is 8.67. The van der Waals surface area contributed by atoms with Gasteiger partial charge < -0.3 is 14.6 Å². The van der Waals surface area contributed by atoms with E-state index in [1.54, 1.807) is 24.6 Å². The number of rotatable bonds is 7. The molecular formula is C21H20N4O2S2. The molecule has 2 heterocycles. The minimum absolute atomic E-state index is 0.0786. The number of aromatic nitrogens is 3. The van der Waals surface area contributed by atoms with Gasteiger partial charge in [-0.25, -0.2) is 9.97 Å². The number of carbonyl (C=O) groups excluding carboxylic acids is 1. The van der Waals surface area contributed by atoms with Crippen LogP contribution in [0.5, 0.6) is 5.75 Å². The van der Waals surface area contributed by atoms with E-state index >= 15 is 0 Å². The largest absolute Gasteiger partial charge is 0.497 e. The maximum atomic E-state index is 12.8. The molecule has 0 saturated heterocycles. The van der Waals surface area contributed by atoms with Crippen molar-refractivity contribution in [2.75, 3.05) is 12.9 Å². The molecule has 1 amide bonds. The highest BCUT2D eigenvalue weighted by molar-refractivity contribution is 8.01. The van der Waals surface area contributed by atoms with Crippen molar-refractivity contribution in [1.29, 1.82) is 0 Å². The summed E-state index contributed by atoms with van der Waals surface area (Å²) in [5, 5.41) is 3.11. The number of ether oxygens (including phenoxy) is 1. The topological polar surface area (TPSA) is 69.0 Å². The third-order valence-electron chi connectivity index (χ3n) is 4.45. The monoisotopic (exact) mass is 424 g/mol. The van der Waals surface area contributed by atoms with Gasteiger partial charge in [0.25, 0.3) is 0 Å². The van der Waals surface area contributed by atoms with Gasteiger partial charge in [0.2, 0.25) is 5.91 Å². The van der Waals surface area contributed by atoms with Gasteiger partial charge in [-0.3, -0.25) is 4.79 Å². The second-order valence-electron chi connectivity index (χ2n) is 6.41. The van der Waals surface area contributed by atoms with E-state index in [0.29, 0.717) is 0 Å². The number of benzene rings is 2. The fourth-order valence-electron chi connectivity index (χ4n) is 3.02. The van der Waals surface area contributed by atoms with Crippen LogP contribution in [0.2, 0.25) is 0 Å². The van der Waals surface area contributed by atoms with Crippen molar-refractivity contribution in [2.24, 2.45) is 7.05 Å². The molecule has 4 rings (SSSR count). The molecule has 0 aliphatic rings. The fraction of sp³-hybridized carbons (Fsp3) is 0.190. The number of amides is 1. The SMILES string of the molecule is COc1cccc(C(NC(=O)CSc2nc3ccccc3s2)c2nccn2C)c1. The lowest BCUT2D eigenvalue weighted by Crippen LogP contribution is -2.32. The number of aryl methyl sites for hydroxylation is 1. The summed E-state index contributed by atoms with van der Waals surface area (Å²) in [7, 11) is 3.54. The number of nitrogens with zero attached hydrogens (tertiary/aromatic N) is 3. The Morgan fingerprint density at radius 1 is 1.28 bits per heavy atom. The number of fused-ring (bicyclic) bond motifs is 1. The molecule has 8 heteroatoms. The van der Waals surface area contributed by atoms with Gasteiger partial charge in [0.1, 0.15) is 17.6 Å². The first-order chi connectivity index (χ1) is 14.1. The number of carbonyl (C=O) groups is 1. The van der Waals surface area contributed by atoms with Crippen molar-refractivity contribution < 1.29 is 9.53 Å². The molecule has 1 unspecified atom stereocenters. The summed E-state index contributed by atoms with van der Waals surface area (Å²) in [6, 6.07) is 15.3. The third-order valence-corrected chi connectivity index (χ3v) is 6.63. The van der Waals surface area contributed by atoms with Crippen molar-refractivity contribution in [3.05, 3.63) is 72.3 Å². The fourth-order valence-corrected chi connectivity index (χ4v) is 4.90. The highest BCUT2D eigenvalue weighted by Gasteiger charge is 2.21. The second-order valence-corrected chi connectivity index (χ2v) is 8.66. The summed E-state index contributed by atoms with van der Waals surface area (Å²) in [6.45, 7) is 0. The van der Waals surface area contributed by atoms with E-state index in [0.717, 1.165) is 31.7 Å². The maximum absolute atomic E-state index is 12.8. The first-order valence-electron chi connectivity index (χ1n) is 9.03. The molecule has 0 saturated carbocycles. The van der Waals surface area contributed by atoms with Crippen LogP contribution >= 0.6 is 23.1 Å². The van der Waals surface area contributed by atoms with Crippen LogP contribution in [0.4, 0.5) is 0 Å². The van der Waals surface area contributed by atoms with Crippen LogP contribution < -0.4 is 10.1 Å². The molecule has 1 N–H and O–H groups in total. The van der Waals surface area contributed by atoms with Crippen molar-refractivity contribution in [1.82, 2.24) is 19.9 Å². The Hall–Kier alpha value is -2.84. The molecule has 29 heavy (non-hydrogen) atoms. The molecule has 0 aliphatic heterocycles. The molecule has 2 aromatic heterocycles. The summed E-state index contributed by atoms with van der Waals surface area (Å²) in [5.74, 6) is 1.70.